The van der Waals surface area contributed by atoms with Gasteiger partial charge < -0.3 is 10.1 Å². The van der Waals surface area contributed by atoms with Crippen LogP contribution in [0, 0.1) is 11.6 Å². The SMILES string of the molecule is CNS(=O)(=O)NCCNc1nc(Oc2ccc(F)cc2F)nc2n[nH]c(-c3ccccc3CI)c12. The van der Waals surface area contributed by atoms with Gasteiger partial charge in [0, 0.05) is 36.2 Å². The molecule has 0 saturated carbocycles. The molecule has 0 unspecified atom stereocenters. The first-order chi connectivity index (χ1) is 16.8. The molecule has 4 N–H and O–H groups in total. The molecule has 14 heteroatoms. The summed E-state index contributed by atoms with van der Waals surface area (Å²) >= 11 is 2.26. The fourth-order valence-corrected chi connectivity index (χ4v) is 4.43. The van der Waals surface area contributed by atoms with Gasteiger partial charge in [0.15, 0.2) is 17.2 Å². The Morgan fingerprint density at radius 2 is 1.91 bits per heavy atom. The molecule has 0 bridgehead atoms. The average molecular weight is 615 g/mol. The van der Waals surface area contributed by atoms with Crippen LogP contribution in [0.4, 0.5) is 14.6 Å². The first kappa shape index (κ1) is 25.2. The van der Waals surface area contributed by atoms with Gasteiger partial charge in [-0.25, -0.2) is 18.2 Å². The van der Waals surface area contributed by atoms with Crippen molar-refractivity contribution in [2.24, 2.45) is 0 Å². The molecular weight excluding hydrogens is 595 g/mol. The van der Waals surface area contributed by atoms with Crippen LogP contribution in [0.25, 0.3) is 22.3 Å². The summed E-state index contributed by atoms with van der Waals surface area (Å²) in [6, 6.07) is 10.4. The number of rotatable bonds is 10. The van der Waals surface area contributed by atoms with Crippen LogP contribution in [0.2, 0.25) is 0 Å². The predicted octanol–water partition coefficient (Wildman–Crippen LogP) is 3.49. The molecule has 184 valence electrons. The molecule has 0 aliphatic rings. The molecule has 4 rings (SSSR count). The lowest BCUT2D eigenvalue weighted by Crippen LogP contribution is -2.36. The summed E-state index contributed by atoms with van der Waals surface area (Å²) in [7, 11) is -2.32. The Morgan fingerprint density at radius 3 is 2.66 bits per heavy atom. The minimum Gasteiger partial charge on any atom is -0.421 e. The van der Waals surface area contributed by atoms with Crippen molar-refractivity contribution in [3.63, 3.8) is 0 Å². The molecule has 0 spiro atoms. The highest BCUT2D eigenvalue weighted by Crippen LogP contribution is 2.35. The summed E-state index contributed by atoms with van der Waals surface area (Å²) in [6.45, 7) is 0.213. The smallest absolute Gasteiger partial charge is 0.326 e. The third-order valence-electron chi connectivity index (χ3n) is 4.90. The second-order valence-corrected chi connectivity index (χ2v) is 9.61. The number of H-pyrrole nitrogens is 1. The molecule has 0 fully saturated rings. The van der Waals surface area contributed by atoms with Gasteiger partial charge in [-0.05, 0) is 17.7 Å². The Balaban J connectivity index is 1.74. The topological polar surface area (TPSA) is 134 Å². The van der Waals surface area contributed by atoms with Gasteiger partial charge in [-0.3, -0.25) is 5.10 Å². The Kier molecular flexibility index (Phi) is 7.73. The number of aromatic amines is 1. The molecule has 10 nitrogen and oxygen atoms in total. The van der Waals surface area contributed by atoms with Crippen LogP contribution in [-0.4, -0.2) is 48.7 Å². The van der Waals surface area contributed by atoms with Crippen molar-refractivity contribution in [3.05, 3.63) is 59.7 Å². The summed E-state index contributed by atoms with van der Waals surface area (Å²) in [6.07, 6.45) is 0. The van der Waals surface area contributed by atoms with E-state index >= 15 is 0 Å². The fourth-order valence-electron chi connectivity index (χ4n) is 3.25. The van der Waals surface area contributed by atoms with Crippen LogP contribution in [0.5, 0.6) is 11.8 Å². The number of benzene rings is 2. The first-order valence-corrected chi connectivity index (χ1v) is 13.3. The molecule has 0 aliphatic heterocycles. The zero-order valence-corrected chi connectivity index (χ0v) is 21.2. The summed E-state index contributed by atoms with van der Waals surface area (Å²) in [5.74, 6) is -1.63. The van der Waals surface area contributed by atoms with Crippen LogP contribution in [0.3, 0.4) is 0 Å². The lowest BCUT2D eigenvalue weighted by molar-refractivity contribution is 0.410. The van der Waals surface area contributed by atoms with Crippen molar-refractivity contribution >= 4 is 49.7 Å². The molecule has 35 heavy (non-hydrogen) atoms. The average Bonchev–Trinajstić information content (AvgIpc) is 3.27. The van der Waals surface area contributed by atoms with Crippen LogP contribution in [0.1, 0.15) is 5.56 Å². The van der Waals surface area contributed by atoms with E-state index in [4.69, 9.17) is 4.74 Å². The van der Waals surface area contributed by atoms with Gasteiger partial charge in [0.25, 0.3) is 10.2 Å². The third kappa shape index (κ3) is 5.83. The van der Waals surface area contributed by atoms with Gasteiger partial charge in [-0.1, -0.05) is 46.9 Å². The Labute approximate surface area is 213 Å². The maximum absolute atomic E-state index is 14.1. The zero-order chi connectivity index (χ0) is 25.0. The van der Waals surface area contributed by atoms with Crippen LogP contribution < -0.4 is 19.5 Å². The summed E-state index contributed by atoms with van der Waals surface area (Å²) in [5, 5.41) is 10.9. The molecule has 0 radical (unpaired) electrons. The Bertz CT molecular complexity index is 1470. The van der Waals surface area contributed by atoms with E-state index in [-0.39, 0.29) is 30.5 Å². The van der Waals surface area contributed by atoms with Crippen LogP contribution >= 0.6 is 22.6 Å². The minimum absolute atomic E-state index is 0.0506. The number of alkyl halides is 1. The van der Waals surface area contributed by atoms with Crippen molar-refractivity contribution in [1.82, 2.24) is 29.6 Å². The number of ether oxygens (including phenoxy) is 1. The Hall–Kier alpha value is -2.95. The van der Waals surface area contributed by atoms with E-state index in [1.54, 1.807) is 0 Å². The molecule has 2 heterocycles. The monoisotopic (exact) mass is 615 g/mol. The molecule has 4 aromatic rings. The van der Waals surface area contributed by atoms with Crippen molar-refractivity contribution in [2.45, 2.75) is 4.43 Å². The largest absolute Gasteiger partial charge is 0.421 e. The number of hydrogen-bond acceptors (Lipinski definition) is 7. The Morgan fingerprint density at radius 1 is 1.11 bits per heavy atom. The van der Waals surface area contributed by atoms with Gasteiger partial charge in [0.2, 0.25) is 0 Å². The number of halogens is 3. The van der Waals surface area contributed by atoms with E-state index in [1.807, 2.05) is 24.3 Å². The van der Waals surface area contributed by atoms with Crippen molar-refractivity contribution in [1.29, 1.82) is 0 Å². The molecule has 0 aliphatic carbocycles. The number of anilines is 1. The highest BCUT2D eigenvalue weighted by atomic mass is 127. The van der Waals surface area contributed by atoms with Gasteiger partial charge in [0.1, 0.15) is 11.6 Å². The summed E-state index contributed by atoms with van der Waals surface area (Å²) < 4.78 is 61.4. The molecular formula is C21H20F2IN7O3S. The van der Waals surface area contributed by atoms with Gasteiger partial charge in [0.05, 0.1) is 11.1 Å². The second-order valence-electron chi connectivity index (χ2n) is 7.15. The number of hydrogen-bond donors (Lipinski definition) is 4. The third-order valence-corrected chi connectivity index (χ3v) is 6.84. The maximum Gasteiger partial charge on any atom is 0.326 e. The first-order valence-electron chi connectivity index (χ1n) is 10.3. The maximum atomic E-state index is 14.1. The highest BCUT2D eigenvalue weighted by Gasteiger charge is 2.20. The number of aromatic nitrogens is 4. The highest BCUT2D eigenvalue weighted by molar-refractivity contribution is 14.1. The van der Waals surface area contributed by atoms with Crippen LogP contribution in [0.15, 0.2) is 42.5 Å². The minimum atomic E-state index is -3.61. The standard InChI is InChI=1S/C21H20F2IN7O3S/c1-25-35(32,33)27-9-8-26-19-17-18(14-5-3-2-4-12(14)11-24)30-31-20(17)29-21(28-19)34-16-7-6-13(22)10-15(16)23/h2-7,10,25,27H,8-9,11H2,1H3,(H2,26,28,29,30,31). The van der Waals surface area contributed by atoms with E-state index in [9.17, 15) is 17.2 Å². The zero-order valence-electron chi connectivity index (χ0n) is 18.3. The quantitative estimate of drug-likeness (QED) is 0.122. The predicted molar refractivity (Wildman–Crippen MR) is 136 cm³/mol. The van der Waals surface area contributed by atoms with E-state index in [0.29, 0.717) is 23.0 Å². The van der Waals surface area contributed by atoms with Crippen molar-refractivity contribution < 1.29 is 21.9 Å². The molecule has 0 amide bonds. The summed E-state index contributed by atoms with van der Waals surface area (Å²) in [4.78, 5) is 8.65. The number of nitrogens with zero attached hydrogens (tertiary/aromatic N) is 3. The molecule has 2 aromatic heterocycles. The number of fused-ring (bicyclic) bond motifs is 1. The second kappa shape index (κ2) is 10.8. The number of nitrogens with one attached hydrogen (secondary N) is 4. The van der Waals surface area contributed by atoms with E-state index < -0.39 is 21.8 Å². The lowest BCUT2D eigenvalue weighted by Gasteiger charge is -2.12. The van der Waals surface area contributed by atoms with E-state index in [0.717, 1.165) is 27.7 Å². The van der Waals surface area contributed by atoms with E-state index in [1.165, 1.54) is 7.05 Å². The fraction of sp³-hybridized carbons (Fsp3) is 0.190. The normalized spacial score (nSPS) is 11.7. The van der Waals surface area contributed by atoms with Gasteiger partial charge in [-0.15, -0.1) is 0 Å². The van der Waals surface area contributed by atoms with Crippen LogP contribution in [-0.2, 0) is 14.6 Å². The van der Waals surface area contributed by atoms with Crippen molar-refractivity contribution in [2.75, 3.05) is 25.5 Å². The van der Waals surface area contributed by atoms with Gasteiger partial charge in [-0.2, -0.15) is 23.5 Å². The van der Waals surface area contributed by atoms with E-state index in [2.05, 4.69) is 57.5 Å². The lowest BCUT2D eigenvalue weighted by atomic mass is 10.0. The summed E-state index contributed by atoms with van der Waals surface area (Å²) in [5.41, 5.74) is 2.85. The molecule has 0 saturated heterocycles. The molecule has 2 aromatic carbocycles. The van der Waals surface area contributed by atoms with Gasteiger partial charge >= 0.3 is 6.01 Å². The van der Waals surface area contributed by atoms with Crippen molar-refractivity contribution in [3.8, 4) is 23.0 Å². The molecule has 0 atom stereocenters.